The van der Waals surface area contributed by atoms with Gasteiger partial charge in [0.25, 0.3) is 5.91 Å². The number of esters is 1. The molecule has 22 heavy (non-hydrogen) atoms. The maximum Gasteiger partial charge on any atom is 0.323 e. The van der Waals surface area contributed by atoms with E-state index in [0.717, 1.165) is 0 Å². The smallest absolute Gasteiger partial charge is 0.323 e. The average molecular weight is 327 g/mol. The zero-order chi connectivity index (χ0) is 15.7. The van der Waals surface area contributed by atoms with Crippen molar-refractivity contribution in [2.24, 2.45) is 0 Å². The van der Waals surface area contributed by atoms with Crippen molar-refractivity contribution >= 4 is 23.5 Å². The summed E-state index contributed by atoms with van der Waals surface area (Å²) in [6.45, 7) is 2.51. The van der Waals surface area contributed by atoms with E-state index in [0.29, 0.717) is 44.2 Å². The van der Waals surface area contributed by atoms with Gasteiger partial charge in [0.2, 0.25) is 0 Å². The van der Waals surface area contributed by atoms with E-state index in [9.17, 15) is 14.0 Å². The number of cyclic esters (lactones) is 1. The lowest BCUT2D eigenvalue weighted by Crippen LogP contribution is -2.53. The molecule has 0 spiro atoms. The number of ether oxygens (including phenoxy) is 1. The standard InChI is InChI=1S/C15H16ClFN2O3/c16-10-1-2-12(17)11(9-10)14(20)19-6-4-18(5-7-19)13-3-8-22-15(13)21/h1-2,9,13H,3-8H2/t13-/m0/s1. The molecule has 2 aliphatic heterocycles. The number of hydrogen-bond acceptors (Lipinski definition) is 4. The highest BCUT2D eigenvalue weighted by Crippen LogP contribution is 2.20. The van der Waals surface area contributed by atoms with Gasteiger partial charge in [0.15, 0.2) is 0 Å². The quantitative estimate of drug-likeness (QED) is 0.774. The lowest BCUT2D eigenvalue weighted by Gasteiger charge is -2.36. The molecule has 0 bridgehead atoms. The first-order valence-corrected chi connectivity index (χ1v) is 7.59. The van der Waals surface area contributed by atoms with Crippen LogP contribution in [0.2, 0.25) is 5.02 Å². The minimum absolute atomic E-state index is 0.0128. The molecule has 1 aromatic rings. The normalized spacial score (nSPS) is 22.7. The number of benzene rings is 1. The largest absolute Gasteiger partial charge is 0.464 e. The van der Waals surface area contributed by atoms with Gasteiger partial charge < -0.3 is 9.64 Å². The monoisotopic (exact) mass is 326 g/mol. The van der Waals surface area contributed by atoms with Crippen molar-refractivity contribution in [3.63, 3.8) is 0 Å². The molecule has 2 fully saturated rings. The summed E-state index contributed by atoms with van der Waals surface area (Å²) in [4.78, 5) is 27.6. The Bertz CT molecular complexity index is 602. The number of hydrogen-bond donors (Lipinski definition) is 0. The number of amides is 1. The minimum atomic E-state index is -0.573. The van der Waals surface area contributed by atoms with Crippen molar-refractivity contribution in [3.8, 4) is 0 Å². The summed E-state index contributed by atoms with van der Waals surface area (Å²) in [5.74, 6) is -1.13. The van der Waals surface area contributed by atoms with E-state index in [-0.39, 0.29) is 23.5 Å². The van der Waals surface area contributed by atoms with Crippen molar-refractivity contribution in [1.29, 1.82) is 0 Å². The Morgan fingerprint density at radius 2 is 2.00 bits per heavy atom. The fourth-order valence-electron chi connectivity index (χ4n) is 2.89. The molecule has 0 radical (unpaired) electrons. The fourth-order valence-corrected chi connectivity index (χ4v) is 3.06. The molecule has 0 aliphatic carbocycles. The molecule has 1 aromatic carbocycles. The number of carbonyl (C=O) groups is 2. The first-order valence-electron chi connectivity index (χ1n) is 7.21. The topological polar surface area (TPSA) is 49.9 Å². The molecule has 2 aliphatic rings. The molecule has 5 nitrogen and oxygen atoms in total. The van der Waals surface area contributed by atoms with Crippen LogP contribution in [0.15, 0.2) is 18.2 Å². The number of piperazine rings is 1. The Morgan fingerprint density at radius 3 is 2.64 bits per heavy atom. The van der Waals surface area contributed by atoms with Crippen LogP contribution in [0.5, 0.6) is 0 Å². The Hall–Kier alpha value is -1.66. The van der Waals surface area contributed by atoms with Gasteiger partial charge in [-0.15, -0.1) is 0 Å². The number of carbonyl (C=O) groups excluding carboxylic acids is 2. The summed E-state index contributed by atoms with van der Waals surface area (Å²) >= 11 is 5.83. The van der Waals surface area contributed by atoms with Gasteiger partial charge in [-0.3, -0.25) is 14.5 Å². The summed E-state index contributed by atoms with van der Waals surface area (Å²) in [5.41, 5.74) is -0.0128. The Balaban J connectivity index is 1.64. The molecule has 0 unspecified atom stereocenters. The molecule has 2 saturated heterocycles. The van der Waals surface area contributed by atoms with Gasteiger partial charge in [-0.2, -0.15) is 0 Å². The second-order valence-electron chi connectivity index (χ2n) is 5.42. The van der Waals surface area contributed by atoms with E-state index in [1.165, 1.54) is 18.2 Å². The molecule has 1 amide bonds. The zero-order valence-electron chi connectivity index (χ0n) is 11.9. The second-order valence-corrected chi connectivity index (χ2v) is 5.86. The van der Waals surface area contributed by atoms with E-state index < -0.39 is 5.82 Å². The van der Waals surface area contributed by atoms with Crippen LogP contribution in [-0.2, 0) is 9.53 Å². The van der Waals surface area contributed by atoms with Crippen LogP contribution < -0.4 is 0 Å². The van der Waals surface area contributed by atoms with E-state index >= 15 is 0 Å². The Kier molecular flexibility index (Phi) is 4.31. The number of halogens is 2. The third-order valence-corrected chi connectivity index (χ3v) is 4.34. The summed E-state index contributed by atoms with van der Waals surface area (Å²) < 4.78 is 18.7. The highest BCUT2D eigenvalue weighted by molar-refractivity contribution is 6.31. The van der Waals surface area contributed by atoms with Crippen molar-refractivity contribution in [2.45, 2.75) is 12.5 Å². The molecule has 3 rings (SSSR count). The van der Waals surface area contributed by atoms with E-state index in [1.54, 1.807) is 4.90 Å². The Labute approximate surface area is 132 Å². The third-order valence-electron chi connectivity index (χ3n) is 4.11. The van der Waals surface area contributed by atoms with Crippen LogP contribution in [-0.4, -0.2) is 60.5 Å². The highest BCUT2D eigenvalue weighted by Gasteiger charge is 2.35. The molecule has 118 valence electrons. The van der Waals surface area contributed by atoms with Crippen LogP contribution >= 0.6 is 11.6 Å². The minimum Gasteiger partial charge on any atom is -0.464 e. The van der Waals surface area contributed by atoms with Crippen LogP contribution in [0.1, 0.15) is 16.8 Å². The van der Waals surface area contributed by atoms with E-state index in [1.807, 2.05) is 4.90 Å². The van der Waals surface area contributed by atoms with Crippen LogP contribution in [0, 0.1) is 5.82 Å². The van der Waals surface area contributed by atoms with Gasteiger partial charge in [-0.1, -0.05) is 11.6 Å². The number of nitrogens with zero attached hydrogens (tertiary/aromatic N) is 2. The molecule has 0 saturated carbocycles. The SMILES string of the molecule is O=C1OCC[C@@H]1N1CCN(C(=O)c2cc(Cl)ccc2F)CC1. The predicted octanol–water partition coefficient (Wildman–Crippen LogP) is 1.55. The van der Waals surface area contributed by atoms with Gasteiger partial charge in [-0.05, 0) is 18.2 Å². The van der Waals surface area contributed by atoms with Crippen molar-refractivity contribution in [1.82, 2.24) is 9.80 Å². The van der Waals surface area contributed by atoms with Crippen LogP contribution in [0.3, 0.4) is 0 Å². The summed E-state index contributed by atoms with van der Waals surface area (Å²) in [6, 6.07) is 3.75. The molecular formula is C15H16ClFN2O3. The van der Waals surface area contributed by atoms with Gasteiger partial charge in [-0.25, -0.2) is 4.39 Å². The Morgan fingerprint density at radius 1 is 1.27 bits per heavy atom. The fraction of sp³-hybridized carbons (Fsp3) is 0.467. The molecule has 7 heteroatoms. The van der Waals surface area contributed by atoms with Gasteiger partial charge in [0.1, 0.15) is 11.9 Å². The molecule has 0 aromatic heterocycles. The van der Waals surface area contributed by atoms with Crippen molar-refractivity contribution in [3.05, 3.63) is 34.6 Å². The summed E-state index contributed by atoms with van der Waals surface area (Å²) in [5, 5.41) is 0.331. The highest BCUT2D eigenvalue weighted by atomic mass is 35.5. The van der Waals surface area contributed by atoms with Crippen molar-refractivity contribution in [2.75, 3.05) is 32.8 Å². The van der Waals surface area contributed by atoms with Gasteiger partial charge in [0, 0.05) is 37.6 Å². The van der Waals surface area contributed by atoms with E-state index in [2.05, 4.69) is 0 Å². The second kappa shape index (κ2) is 6.22. The third kappa shape index (κ3) is 2.94. The van der Waals surface area contributed by atoms with Gasteiger partial charge >= 0.3 is 5.97 Å². The lowest BCUT2D eigenvalue weighted by atomic mass is 10.1. The zero-order valence-corrected chi connectivity index (χ0v) is 12.7. The summed E-state index contributed by atoms with van der Waals surface area (Å²) in [6.07, 6.45) is 0.690. The van der Waals surface area contributed by atoms with Crippen molar-refractivity contribution < 1.29 is 18.7 Å². The molecule has 0 N–H and O–H groups in total. The summed E-state index contributed by atoms with van der Waals surface area (Å²) in [7, 11) is 0. The predicted molar refractivity (Wildman–Crippen MR) is 78.3 cm³/mol. The number of rotatable bonds is 2. The first kappa shape index (κ1) is 15.2. The van der Waals surface area contributed by atoms with Gasteiger partial charge in [0.05, 0.1) is 12.2 Å². The molecule has 1 atom stereocenters. The van der Waals surface area contributed by atoms with Crippen LogP contribution in [0.25, 0.3) is 0 Å². The molecular weight excluding hydrogens is 311 g/mol. The first-order chi connectivity index (χ1) is 10.6. The maximum atomic E-state index is 13.8. The lowest BCUT2D eigenvalue weighted by molar-refractivity contribution is -0.142. The van der Waals surface area contributed by atoms with E-state index in [4.69, 9.17) is 16.3 Å². The van der Waals surface area contributed by atoms with Crippen LogP contribution in [0.4, 0.5) is 4.39 Å². The maximum absolute atomic E-state index is 13.8. The average Bonchev–Trinajstić information content (AvgIpc) is 2.95. The molecule has 2 heterocycles.